The van der Waals surface area contributed by atoms with Crippen LogP contribution in [-0.2, 0) is 0 Å². The van der Waals surface area contributed by atoms with E-state index in [1.165, 1.54) is 31.2 Å². The molecule has 2 N–H and O–H groups in total. The van der Waals surface area contributed by atoms with Crippen molar-refractivity contribution in [3.63, 3.8) is 0 Å². The maximum absolute atomic E-state index is 13.9. The van der Waals surface area contributed by atoms with Crippen LogP contribution in [0, 0.1) is 11.7 Å². The number of nitrogens with two attached hydrogens (primary N) is 1. The smallest absolute Gasteiger partial charge is 0.165 e. The molecule has 1 saturated carbocycles. The van der Waals surface area contributed by atoms with Crippen molar-refractivity contribution in [2.45, 2.75) is 31.6 Å². The number of benzene rings is 2. The first-order valence-electron chi connectivity index (χ1n) is 8.06. The van der Waals surface area contributed by atoms with E-state index in [1.807, 2.05) is 12.1 Å². The Kier molecular flexibility index (Phi) is 4.72. The molecule has 2 aromatic rings. The summed E-state index contributed by atoms with van der Waals surface area (Å²) in [6, 6.07) is 11.6. The lowest BCUT2D eigenvalue weighted by Crippen LogP contribution is -2.11. The summed E-state index contributed by atoms with van der Waals surface area (Å²) in [4.78, 5) is 0. The lowest BCUT2D eigenvalue weighted by Gasteiger charge is -2.27. The van der Waals surface area contributed by atoms with Gasteiger partial charge in [-0.2, -0.15) is 0 Å². The van der Waals surface area contributed by atoms with E-state index in [1.54, 1.807) is 12.1 Å². The second-order valence-electron chi connectivity index (χ2n) is 6.30. The van der Waals surface area contributed by atoms with Crippen molar-refractivity contribution in [2.75, 3.05) is 5.73 Å². The quantitative estimate of drug-likeness (QED) is 0.527. The highest BCUT2D eigenvalue weighted by Crippen LogP contribution is 2.38. The van der Waals surface area contributed by atoms with Crippen molar-refractivity contribution in [3.8, 4) is 11.1 Å². The predicted molar refractivity (Wildman–Crippen MR) is 96.2 cm³/mol. The largest absolute Gasteiger partial charge is 0.396 e. The van der Waals surface area contributed by atoms with Crippen LogP contribution in [0.4, 0.5) is 10.1 Å². The molecule has 0 amide bonds. The maximum Gasteiger partial charge on any atom is 0.165 e. The average molecular weight is 330 g/mol. The summed E-state index contributed by atoms with van der Waals surface area (Å²) in [6.07, 6.45) is 6.91. The fourth-order valence-corrected chi connectivity index (χ4v) is 3.69. The van der Waals surface area contributed by atoms with Gasteiger partial charge in [-0.3, -0.25) is 0 Å². The molecule has 0 aromatic heterocycles. The summed E-state index contributed by atoms with van der Waals surface area (Å²) >= 11 is 6.09. The van der Waals surface area contributed by atoms with Crippen LogP contribution in [-0.4, -0.2) is 0 Å². The lowest BCUT2D eigenvalue weighted by atomic mass is 9.78. The van der Waals surface area contributed by atoms with Gasteiger partial charge in [0.05, 0.1) is 10.7 Å². The van der Waals surface area contributed by atoms with E-state index >= 15 is 0 Å². The molecule has 120 valence electrons. The minimum absolute atomic E-state index is 0.0781. The minimum Gasteiger partial charge on any atom is -0.396 e. The van der Waals surface area contributed by atoms with E-state index in [0.29, 0.717) is 17.4 Å². The molecule has 0 aliphatic heterocycles. The zero-order valence-corrected chi connectivity index (χ0v) is 13.8. The van der Waals surface area contributed by atoms with Gasteiger partial charge in [0.1, 0.15) is 0 Å². The molecule has 0 bridgehead atoms. The fourth-order valence-electron chi connectivity index (χ4n) is 3.41. The standard InChI is InChI=1S/C20H21ClFN/c1-2-13-3-5-14(6-4-13)15-7-9-16(10-8-15)17-11-12-18(23)20(22)19(17)21/h2,7-14H,1,3-6,23H2. The molecule has 23 heavy (non-hydrogen) atoms. The van der Waals surface area contributed by atoms with Gasteiger partial charge in [0.2, 0.25) is 0 Å². The molecule has 1 nitrogen and oxygen atoms in total. The number of anilines is 1. The summed E-state index contributed by atoms with van der Waals surface area (Å²) in [5.41, 5.74) is 8.57. The third-order valence-corrected chi connectivity index (χ3v) is 5.28. The molecule has 1 aliphatic carbocycles. The molecular weight excluding hydrogens is 309 g/mol. The number of allylic oxidation sites excluding steroid dienone is 1. The van der Waals surface area contributed by atoms with Crippen LogP contribution < -0.4 is 5.73 Å². The van der Waals surface area contributed by atoms with Gasteiger partial charge in [-0.15, -0.1) is 6.58 Å². The average Bonchev–Trinajstić information content (AvgIpc) is 2.60. The summed E-state index contributed by atoms with van der Waals surface area (Å²) in [6.45, 7) is 3.90. The molecule has 0 saturated heterocycles. The Bertz CT molecular complexity index is 700. The number of nitrogen functional groups attached to an aromatic ring is 1. The molecule has 3 rings (SSSR count). The van der Waals surface area contributed by atoms with Gasteiger partial charge < -0.3 is 5.73 Å². The molecule has 0 unspecified atom stereocenters. The Morgan fingerprint density at radius 2 is 1.70 bits per heavy atom. The molecule has 0 atom stereocenters. The third-order valence-electron chi connectivity index (χ3n) is 4.91. The highest BCUT2D eigenvalue weighted by molar-refractivity contribution is 6.33. The first-order valence-corrected chi connectivity index (χ1v) is 8.44. The van der Waals surface area contributed by atoms with Gasteiger partial charge in [0, 0.05) is 5.56 Å². The zero-order chi connectivity index (χ0) is 16.4. The van der Waals surface area contributed by atoms with Gasteiger partial charge in [-0.25, -0.2) is 4.39 Å². The van der Waals surface area contributed by atoms with E-state index in [9.17, 15) is 4.39 Å². The molecule has 3 heteroatoms. The van der Waals surface area contributed by atoms with Gasteiger partial charge in [0.25, 0.3) is 0 Å². The lowest BCUT2D eigenvalue weighted by molar-refractivity contribution is 0.376. The van der Waals surface area contributed by atoms with Gasteiger partial charge in [-0.05, 0) is 54.7 Å². The van der Waals surface area contributed by atoms with Crippen molar-refractivity contribution < 1.29 is 4.39 Å². The Balaban J connectivity index is 1.80. The van der Waals surface area contributed by atoms with Crippen molar-refractivity contribution in [1.29, 1.82) is 0 Å². The van der Waals surface area contributed by atoms with Crippen LogP contribution in [0.15, 0.2) is 49.1 Å². The monoisotopic (exact) mass is 329 g/mol. The molecule has 1 aliphatic rings. The van der Waals surface area contributed by atoms with E-state index < -0.39 is 5.82 Å². The predicted octanol–water partition coefficient (Wildman–Crippen LogP) is 6.19. The first kappa shape index (κ1) is 16.1. The van der Waals surface area contributed by atoms with Gasteiger partial charge >= 0.3 is 0 Å². The minimum atomic E-state index is -0.545. The number of halogens is 2. The zero-order valence-electron chi connectivity index (χ0n) is 13.1. The first-order chi connectivity index (χ1) is 11.1. The van der Waals surface area contributed by atoms with Crippen molar-refractivity contribution in [1.82, 2.24) is 0 Å². The van der Waals surface area contributed by atoms with Crippen LogP contribution in [0.2, 0.25) is 5.02 Å². The van der Waals surface area contributed by atoms with Crippen molar-refractivity contribution in [2.24, 2.45) is 5.92 Å². The van der Waals surface area contributed by atoms with Crippen molar-refractivity contribution in [3.05, 3.63) is 65.5 Å². The second-order valence-corrected chi connectivity index (χ2v) is 6.68. The second kappa shape index (κ2) is 6.76. The summed E-state index contributed by atoms with van der Waals surface area (Å²) in [5, 5.41) is 0.0873. The van der Waals surface area contributed by atoms with Crippen LogP contribution in [0.1, 0.15) is 37.2 Å². The molecule has 2 aromatic carbocycles. The third kappa shape index (κ3) is 3.28. The summed E-state index contributed by atoms with van der Waals surface area (Å²) in [7, 11) is 0. The topological polar surface area (TPSA) is 26.0 Å². The van der Waals surface area contributed by atoms with Crippen LogP contribution in [0.5, 0.6) is 0 Å². The highest BCUT2D eigenvalue weighted by atomic mass is 35.5. The highest BCUT2D eigenvalue weighted by Gasteiger charge is 2.20. The van der Waals surface area contributed by atoms with Crippen LogP contribution in [0.25, 0.3) is 11.1 Å². The molecule has 0 spiro atoms. The number of hydrogen-bond donors (Lipinski definition) is 1. The van der Waals surface area contributed by atoms with E-state index in [2.05, 4.69) is 24.8 Å². The Morgan fingerprint density at radius 1 is 1.04 bits per heavy atom. The SMILES string of the molecule is C=CC1CCC(c2ccc(-c3ccc(N)c(F)c3Cl)cc2)CC1. The normalized spacial score (nSPS) is 21.1. The number of rotatable bonds is 3. The van der Waals surface area contributed by atoms with E-state index in [0.717, 1.165) is 5.56 Å². The van der Waals surface area contributed by atoms with Gasteiger partial charge in [-0.1, -0.05) is 48.0 Å². The Labute approximate surface area is 142 Å². The Hall–Kier alpha value is -1.80. The Morgan fingerprint density at radius 3 is 2.30 bits per heavy atom. The molecule has 1 fully saturated rings. The van der Waals surface area contributed by atoms with E-state index in [4.69, 9.17) is 17.3 Å². The molecule has 0 radical (unpaired) electrons. The molecule has 0 heterocycles. The summed E-state index contributed by atoms with van der Waals surface area (Å²) < 4.78 is 13.9. The summed E-state index contributed by atoms with van der Waals surface area (Å²) in [5.74, 6) is 0.733. The van der Waals surface area contributed by atoms with Crippen molar-refractivity contribution >= 4 is 17.3 Å². The fraction of sp³-hybridized carbons (Fsp3) is 0.300. The van der Waals surface area contributed by atoms with Gasteiger partial charge in [0.15, 0.2) is 5.82 Å². The van der Waals surface area contributed by atoms with E-state index in [-0.39, 0.29) is 10.7 Å². The molecular formula is C20H21ClFN. The van der Waals surface area contributed by atoms with Crippen LogP contribution >= 0.6 is 11.6 Å². The van der Waals surface area contributed by atoms with Crippen LogP contribution in [0.3, 0.4) is 0 Å². The maximum atomic E-state index is 13.9. The number of hydrogen-bond acceptors (Lipinski definition) is 1.